The SMILES string of the molecule is Cc1cncc(C(=O)N2CCCN(CCCN)CC2)c1. The predicted octanol–water partition coefficient (Wildman–Crippen LogP) is 0.887. The Kier molecular flexibility index (Phi) is 5.49. The van der Waals surface area contributed by atoms with E-state index < -0.39 is 0 Å². The topological polar surface area (TPSA) is 62.5 Å². The summed E-state index contributed by atoms with van der Waals surface area (Å²) in [5, 5.41) is 0. The Morgan fingerprint density at radius 1 is 1.30 bits per heavy atom. The number of rotatable bonds is 4. The molecule has 0 aliphatic carbocycles. The molecular formula is C15H24N4O. The first kappa shape index (κ1) is 14.9. The molecule has 1 saturated heterocycles. The van der Waals surface area contributed by atoms with Crippen LogP contribution in [0.2, 0.25) is 0 Å². The summed E-state index contributed by atoms with van der Waals surface area (Å²) in [6.07, 6.45) is 5.48. The van der Waals surface area contributed by atoms with Crippen LogP contribution in [0.3, 0.4) is 0 Å². The minimum absolute atomic E-state index is 0.0990. The van der Waals surface area contributed by atoms with Crippen molar-refractivity contribution < 1.29 is 4.79 Å². The Balaban J connectivity index is 1.94. The van der Waals surface area contributed by atoms with Gasteiger partial charge in [-0.15, -0.1) is 0 Å². The van der Waals surface area contributed by atoms with Crippen LogP contribution in [0.5, 0.6) is 0 Å². The lowest BCUT2D eigenvalue weighted by Gasteiger charge is -2.22. The van der Waals surface area contributed by atoms with Crippen molar-refractivity contribution in [3.63, 3.8) is 0 Å². The molecule has 0 unspecified atom stereocenters. The van der Waals surface area contributed by atoms with Crippen molar-refractivity contribution in [1.29, 1.82) is 0 Å². The Morgan fingerprint density at radius 2 is 2.15 bits per heavy atom. The molecule has 2 rings (SSSR count). The number of aromatic nitrogens is 1. The maximum absolute atomic E-state index is 12.5. The summed E-state index contributed by atoms with van der Waals surface area (Å²) in [6.45, 7) is 7.32. The smallest absolute Gasteiger partial charge is 0.255 e. The largest absolute Gasteiger partial charge is 0.337 e. The number of pyridine rings is 1. The minimum atomic E-state index is 0.0990. The fraction of sp³-hybridized carbons (Fsp3) is 0.600. The molecule has 0 spiro atoms. The van der Waals surface area contributed by atoms with Crippen LogP contribution in [0.15, 0.2) is 18.5 Å². The number of carbonyl (C=O) groups is 1. The first-order chi connectivity index (χ1) is 9.70. The molecule has 1 aromatic heterocycles. The van der Waals surface area contributed by atoms with Crippen molar-refractivity contribution >= 4 is 5.91 Å². The van der Waals surface area contributed by atoms with Crippen LogP contribution in [0, 0.1) is 6.92 Å². The molecule has 0 aromatic carbocycles. The molecule has 5 heteroatoms. The van der Waals surface area contributed by atoms with Gasteiger partial charge in [-0.25, -0.2) is 0 Å². The van der Waals surface area contributed by atoms with E-state index in [0.717, 1.165) is 57.7 Å². The average molecular weight is 276 g/mol. The van der Waals surface area contributed by atoms with Crippen LogP contribution < -0.4 is 5.73 Å². The van der Waals surface area contributed by atoms with Gasteiger partial charge in [0.1, 0.15) is 0 Å². The Hall–Kier alpha value is -1.46. The molecule has 1 amide bonds. The van der Waals surface area contributed by atoms with E-state index in [9.17, 15) is 4.79 Å². The van der Waals surface area contributed by atoms with Crippen LogP contribution in [-0.2, 0) is 0 Å². The van der Waals surface area contributed by atoms with Gasteiger partial charge < -0.3 is 15.5 Å². The highest BCUT2D eigenvalue weighted by molar-refractivity contribution is 5.94. The molecule has 1 fully saturated rings. The predicted molar refractivity (Wildman–Crippen MR) is 79.6 cm³/mol. The second kappa shape index (κ2) is 7.36. The average Bonchev–Trinajstić information content (AvgIpc) is 2.70. The van der Waals surface area contributed by atoms with Crippen molar-refractivity contribution in [2.45, 2.75) is 19.8 Å². The maximum Gasteiger partial charge on any atom is 0.255 e. The van der Waals surface area contributed by atoms with Crippen LogP contribution in [0.25, 0.3) is 0 Å². The van der Waals surface area contributed by atoms with Crippen molar-refractivity contribution in [2.24, 2.45) is 5.73 Å². The number of aryl methyl sites for hydroxylation is 1. The van der Waals surface area contributed by atoms with E-state index in [-0.39, 0.29) is 5.91 Å². The quantitative estimate of drug-likeness (QED) is 0.887. The van der Waals surface area contributed by atoms with Crippen molar-refractivity contribution in [2.75, 3.05) is 39.3 Å². The summed E-state index contributed by atoms with van der Waals surface area (Å²) >= 11 is 0. The van der Waals surface area contributed by atoms with Gasteiger partial charge in [0.15, 0.2) is 0 Å². The van der Waals surface area contributed by atoms with Crippen molar-refractivity contribution in [1.82, 2.24) is 14.8 Å². The third kappa shape index (κ3) is 4.02. The summed E-state index contributed by atoms with van der Waals surface area (Å²) in [4.78, 5) is 20.9. The summed E-state index contributed by atoms with van der Waals surface area (Å²) in [5.41, 5.74) is 7.27. The second-order valence-corrected chi connectivity index (χ2v) is 5.38. The van der Waals surface area contributed by atoms with Crippen LogP contribution in [0.4, 0.5) is 0 Å². The van der Waals surface area contributed by atoms with Gasteiger partial charge in [-0.1, -0.05) is 0 Å². The molecule has 2 N–H and O–H groups in total. The van der Waals surface area contributed by atoms with Gasteiger partial charge >= 0.3 is 0 Å². The normalized spacial score (nSPS) is 17.0. The van der Waals surface area contributed by atoms with Gasteiger partial charge in [0.2, 0.25) is 0 Å². The standard InChI is InChI=1S/C15H24N4O/c1-13-10-14(12-17-11-13)15(20)19-7-3-6-18(8-9-19)5-2-4-16/h10-12H,2-9,16H2,1H3. The van der Waals surface area contributed by atoms with Crippen molar-refractivity contribution in [3.05, 3.63) is 29.6 Å². The van der Waals surface area contributed by atoms with E-state index in [1.165, 1.54) is 0 Å². The first-order valence-corrected chi connectivity index (χ1v) is 7.34. The zero-order chi connectivity index (χ0) is 14.4. The zero-order valence-electron chi connectivity index (χ0n) is 12.2. The number of nitrogens with zero attached hydrogens (tertiary/aromatic N) is 3. The third-order valence-electron chi connectivity index (χ3n) is 3.68. The molecule has 0 saturated carbocycles. The lowest BCUT2D eigenvalue weighted by molar-refractivity contribution is 0.0761. The monoisotopic (exact) mass is 276 g/mol. The summed E-state index contributed by atoms with van der Waals surface area (Å²) in [6, 6.07) is 1.91. The van der Waals surface area contributed by atoms with E-state index in [1.54, 1.807) is 12.4 Å². The van der Waals surface area contributed by atoms with Gasteiger partial charge in [-0.05, 0) is 51.0 Å². The lowest BCUT2D eigenvalue weighted by atomic mass is 10.2. The molecule has 0 bridgehead atoms. The van der Waals surface area contributed by atoms with E-state index >= 15 is 0 Å². The fourth-order valence-corrected chi connectivity index (χ4v) is 2.57. The van der Waals surface area contributed by atoms with Gasteiger partial charge in [-0.2, -0.15) is 0 Å². The molecule has 0 radical (unpaired) electrons. The number of amides is 1. The Bertz CT molecular complexity index is 449. The molecule has 2 heterocycles. The van der Waals surface area contributed by atoms with E-state index in [4.69, 9.17) is 5.73 Å². The second-order valence-electron chi connectivity index (χ2n) is 5.38. The highest BCUT2D eigenvalue weighted by atomic mass is 16.2. The molecule has 5 nitrogen and oxygen atoms in total. The van der Waals surface area contributed by atoms with Crippen LogP contribution in [0.1, 0.15) is 28.8 Å². The summed E-state index contributed by atoms with van der Waals surface area (Å²) in [7, 11) is 0. The van der Waals surface area contributed by atoms with Gasteiger partial charge in [0.25, 0.3) is 5.91 Å². The maximum atomic E-state index is 12.5. The highest BCUT2D eigenvalue weighted by Gasteiger charge is 2.20. The molecule has 20 heavy (non-hydrogen) atoms. The Labute approximate surface area is 120 Å². The molecular weight excluding hydrogens is 252 g/mol. The number of carbonyl (C=O) groups excluding carboxylic acids is 1. The van der Waals surface area contributed by atoms with E-state index in [0.29, 0.717) is 5.56 Å². The Morgan fingerprint density at radius 3 is 2.90 bits per heavy atom. The molecule has 1 aromatic rings. The molecule has 1 aliphatic heterocycles. The minimum Gasteiger partial charge on any atom is -0.337 e. The molecule has 1 aliphatic rings. The first-order valence-electron chi connectivity index (χ1n) is 7.34. The third-order valence-corrected chi connectivity index (χ3v) is 3.68. The van der Waals surface area contributed by atoms with Gasteiger partial charge in [0, 0.05) is 32.0 Å². The number of hydrogen-bond donors (Lipinski definition) is 1. The number of nitrogens with two attached hydrogens (primary N) is 1. The summed E-state index contributed by atoms with van der Waals surface area (Å²) in [5.74, 6) is 0.0990. The van der Waals surface area contributed by atoms with E-state index in [1.807, 2.05) is 17.9 Å². The van der Waals surface area contributed by atoms with Gasteiger partial charge in [0.05, 0.1) is 5.56 Å². The zero-order valence-corrected chi connectivity index (χ0v) is 12.2. The fourth-order valence-electron chi connectivity index (χ4n) is 2.57. The summed E-state index contributed by atoms with van der Waals surface area (Å²) < 4.78 is 0. The van der Waals surface area contributed by atoms with Gasteiger partial charge in [-0.3, -0.25) is 9.78 Å². The van der Waals surface area contributed by atoms with E-state index in [2.05, 4.69) is 9.88 Å². The highest BCUT2D eigenvalue weighted by Crippen LogP contribution is 2.10. The molecule has 110 valence electrons. The number of hydrogen-bond acceptors (Lipinski definition) is 4. The molecule has 0 atom stereocenters. The van der Waals surface area contributed by atoms with Crippen LogP contribution in [-0.4, -0.2) is 60.0 Å². The lowest BCUT2D eigenvalue weighted by Crippen LogP contribution is -2.35. The van der Waals surface area contributed by atoms with Crippen LogP contribution >= 0.6 is 0 Å². The van der Waals surface area contributed by atoms with Crippen molar-refractivity contribution in [3.8, 4) is 0 Å².